The Labute approximate surface area is 81.9 Å². The van der Waals surface area contributed by atoms with Crippen LogP contribution in [0.4, 0.5) is 27.8 Å². The molecular formula is C8H7F5N2. The topological polar surface area (TPSA) is 38.9 Å². The smallest absolute Gasteiger partial charge is 0.383 e. The summed E-state index contributed by atoms with van der Waals surface area (Å²) < 4.78 is 61.7. The van der Waals surface area contributed by atoms with Crippen molar-refractivity contribution in [2.24, 2.45) is 0 Å². The molecule has 0 aliphatic rings. The fourth-order valence-corrected chi connectivity index (χ4v) is 1.15. The number of nitrogens with zero attached hydrogens (tertiary/aromatic N) is 1. The fraction of sp³-hybridized carbons (Fsp3) is 0.375. The van der Waals surface area contributed by atoms with Crippen LogP contribution in [0.3, 0.4) is 0 Å². The van der Waals surface area contributed by atoms with Crippen LogP contribution < -0.4 is 5.73 Å². The molecule has 0 spiro atoms. The quantitative estimate of drug-likeness (QED) is 0.747. The summed E-state index contributed by atoms with van der Waals surface area (Å²) in [7, 11) is 0. The average Bonchev–Trinajstić information content (AvgIpc) is 2.06. The zero-order chi connectivity index (χ0) is 11.8. The van der Waals surface area contributed by atoms with Gasteiger partial charge in [-0.3, -0.25) is 0 Å². The van der Waals surface area contributed by atoms with Crippen LogP contribution in [0.5, 0.6) is 0 Å². The lowest BCUT2D eigenvalue weighted by atomic mass is 10.0. The van der Waals surface area contributed by atoms with E-state index in [1.54, 1.807) is 0 Å². The highest BCUT2D eigenvalue weighted by Gasteiger charge is 2.37. The van der Waals surface area contributed by atoms with Gasteiger partial charge in [0.15, 0.2) is 0 Å². The summed E-state index contributed by atoms with van der Waals surface area (Å²) in [6.45, 7) is 1.08. The van der Waals surface area contributed by atoms with Gasteiger partial charge in [0.25, 0.3) is 6.43 Å². The molecule has 0 unspecified atom stereocenters. The Morgan fingerprint density at radius 1 is 1.33 bits per heavy atom. The lowest BCUT2D eigenvalue weighted by molar-refractivity contribution is -0.139. The number of nitrogen functional groups attached to an aromatic ring is 1. The van der Waals surface area contributed by atoms with Gasteiger partial charge >= 0.3 is 6.18 Å². The van der Waals surface area contributed by atoms with Crippen molar-refractivity contribution in [3.05, 3.63) is 22.9 Å². The van der Waals surface area contributed by atoms with E-state index in [9.17, 15) is 22.0 Å². The molecule has 84 valence electrons. The van der Waals surface area contributed by atoms with E-state index in [0.29, 0.717) is 6.20 Å². The van der Waals surface area contributed by atoms with E-state index >= 15 is 0 Å². The Kier molecular flexibility index (Phi) is 2.83. The molecule has 1 heterocycles. The Bertz CT molecular complexity index is 372. The number of hydrogen-bond acceptors (Lipinski definition) is 2. The van der Waals surface area contributed by atoms with Crippen LogP contribution in [-0.2, 0) is 6.18 Å². The van der Waals surface area contributed by atoms with Gasteiger partial charge in [-0.15, -0.1) is 0 Å². The Balaban J connectivity index is 3.47. The zero-order valence-corrected chi connectivity index (χ0v) is 7.57. The van der Waals surface area contributed by atoms with Gasteiger partial charge in [-0.1, -0.05) is 0 Å². The molecule has 2 nitrogen and oxygen atoms in total. The van der Waals surface area contributed by atoms with E-state index in [1.165, 1.54) is 0 Å². The highest BCUT2D eigenvalue weighted by atomic mass is 19.4. The number of rotatable bonds is 1. The molecule has 15 heavy (non-hydrogen) atoms. The molecule has 0 aliphatic heterocycles. The molecule has 1 rings (SSSR count). The molecule has 0 saturated heterocycles. The normalized spacial score (nSPS) is 12.2. The minimum Gasteiger partial charge on any atom is -0.383 e. The lowest BCUT2D eigenvalue weighted by Crippen LogP contribution is -2.13. The number of pyridine rings is 1. The predicted octanol–water partition coefficient (Wildman–Crippen LogP) is 2.93. The van der Waals surface area contributed by atoms with Crippen molar-refractivity contribution in [2.75, 3.05) is 5.73 Å². The minimum atomic E-state index is -4.85. The van der Waals surface area contributed by atoms with Crippen molar-refractivity contribution in [1.82, 2.24) is 4.98 Å². The lowest BCUT2D eigenvalue weighted by Gasteiger charge is -2.15. The van der Waals surface area contributed by atoms with Gasteiger partial charge < -0.3 is 5.73 Å². The number of alkyl halides is 5. The first-order valence-electron chi connectivity index (χ1n) is 3.85. The second-order valence-corrected chi connectivity index (χ2v) is 2.89. The van der Waals surface area contributed by atoms with Gasteiger partial charge in [-0.2, -0.15) is 13.2 Å². The minimum absolute atomic E-state index is 0.321. The SMILES string of the molecule is Cc1c(N)ncc(C(F)(F)F)c1C(F)F. The molecule has 0 aliphatic carbocycles. The largest absolute Gasteiger partial charge is 0.418 e. The van der Waals surface area contributed by atoms with Gasteiger partial charge in [0.05, 0.1) is 5.56 Å². The second-order valence-electron chi connectivity index (χ2n) is 2.89. The van der Waals surface area contributed by atoms with Crippen LogP contribution in [0.1, 0.15) is 23.1 Å². The fourth-order valence-electron chi connectivity index (χ4n) is 1.15. The van der Waals surface area contributed by atoms with E-state index in [2.05, 4.69) is 4.98 Å². The van der Waals surface area contributed by atoms with Crippen molar-refractivity contribution in [3.63, 3.8) is 0 Å². The van der Waals surface area contributed by atoms with Gasteiger partial charge in [0.2, 0.25) is 0 Å². The molecule has 2 N–H and O–H groups in total. The third-order valence-corrected chi connectivity index (χ3v) is 1.93. The summed E-state index contributed by atoms with van der Waals surface area (Å²) in [5.74, 6) is -0.321. The van der Waals surface area contributed by atoms with Crippen LogP contribution in [0.2, 0.25) is 0 Å². The first kappa shape index (κ1) is 11.7. The number of hydrogen-bond donors (Lipinski definition) is 1. The maximum atomic E-state index is 12.4. The van der Waals surface area contributed by atoms with Crippen LogP contribution in [0.15, 0.2) is 6.20 Å². The number of aromatic nitrogens is 1. The molecule has 0 bridgehead atoms. The zero-order valence-electron chi connectivity index (χ0n) is 7.57. The molecule has 0 amide bonds. The molecule has 1 aromatic rings. The number of anilines is 1. The highest BCUT2D eigenvalue weighted by molar-refractivity contribution is 5.48. The van der Waals surface area contributed by atoms with Gasteiger partial charge in [0, 0.05) is 17.3 Å². The van der Waals surface area contributed by atoms with Crippen molar-refractivity contribution < 1.29 is 22.0 Å². The van der Waals surface area contributed by atoms with Crippen LogP contribution >= 0.6 is 0 Å². The van der Waals surface area contributed by atoms with Gasteiger partial charge in [0.1, 0.15) is 5.82 Å². The molecule has 0 fully saturated rings. The molecule has 1 aromatic heterocycles. The monoisotopic (exact) mass is 226 g/mol. The molecule has 0 aromatic carbocycles. The summed E-state index contributed by atoms with van der Waals surface area (Å²) in [4.78, 5) is 3.21. The summed E-state index contributed by atoms with van der Waals surface area (Å²) in [6, 6.07) is 0. The van der Waals surface area contributed by atoms with Crippen molar-refractivity contribution in [2.45, 2.75) is 19.5 Å². The van der Waals surface area contributed by atoms with E-state index in [-0.39, 0.29) is 11.4 Å². The Morgan fingerprint density at radius 3 is 2.27 bits per heavy atom. The van der Waals surface area contributed by atoms with Crippen LogP contribution in [0, 0.1) is 6.92 Å². The van der Waals surface area contributed by atoms with E-state index in [0.717, 1.165) is 6.92 Å². The first-order chi connectivity index (χ1) is 6.75. The molecule has 0 saturated carbocycles. The third kappa shape index (κ3) is 2.16. The molecule has 7 heteroatoms. The highest BCUT2D eigenvalue weighted by Crippen LogP contribution is 2.38. The van der Waals surface area contributed by atoms with Crippen molar-refractivity contribution in [1.29, 1.82) is 0 Å². The van der Waals surface area contributed by atoms with E-state index < -0.39 is 23.7 Å². The Morgan fingerprint density at radius 2 is 1.87 bits per heavy atom. The Hall–Kier alpha value is -1.40. The summed E-state index contributed by atoms with van der Waals surface area (Å²) in [6.07, 6.45) is -7.76. The summed E-state index contributed by atoms with van der Waals surface area (Å²) in [5, 5.41) is 0. The molecular weight excluding hydrogens is 219 g/mol. The number of halogens is 5. The maximum Gasteiger partial charge on any atom is 0.418 e. The van der Waals surface area contributed by atoms with E-state index in [1.807, 2.05) is 0 Å². The molecule has 0 atom stereocenters. The van der Waals surface area contributed by atoms with Crippen molar-refractivity contribution >= 4 is 5.82 Å². The first-order valence-corrected chi connectivity index (χ1v) is 3.85. The third-order valence-electron chi connectivity index (χ3n) is 1.93. The van der Waals surface area contributed by atoms with Crippen LogP contribution in [0.25, 0.3) is 0 Å². The second kappa shape index (κ2) is 3.63. The summed E-state index contributed by atoms with van der Waals surface area (Å²) >= 11 is 0. The molecule has 0 radical (unpaired) electrons. The predicted molar refractivity (Wildman–Crippen MR) is 43.3 cm³/mol. The standard InChI is InChI=1S/C8H7F5N2/c1-3-5(6(9)10)4(8(11,12)13)2-15-7(3)14/h2,6H,1H3,(H2,14,15). The van der Waals surface area contributed by atoms with E-state index in [4.69, 9.17) is 5.73 Å². The van der Waals surface area contributed by atoms with Gasteiger partial charge in [-0.05, 0) is 6.92 Å². The number of nitrogens with two attached hydrogens (primary N) is 1. The summed E-state index contributed by atoms with van der Waals surface area (Å²) in [5.41, 5.74) is 2.28. The van der Waals surface area contributed by atoms with Crippen molar-refractivity contribution in [3.8, 4) is 0 Å². The van der Waals surface area contributed by atoms with Gasteiger partial charge in [-0.25, -0.2) is 13.8 Å². The maximum absolute atomic E-state index is 12.4. The van der Waals surface area contributed by atoms with Crippen LogP contribution in [-0.4, -0.2) is 4.98 Å². The average molecular weight is 226 g/mol.